The van der Waals surface area contributed by atoms with Crippen molar-refractivity contribution in [2.75, 3.05) is 16.2 Å². The van der Waals surface area contributed by atoms with Gasteiger partial charge in [0.2, 0.25) is 10.0 Å². The maximum atomic E-state index is 13.0. The zero-order valence-corrected chi connectivity index (χ0v) is 12.7. The Morgan fingerprint density at radius 3 is 2.86 bits per heavy atom. The number of nitrogen functional groups attached to an aromatic ring is 1. The Morgan fingerprint density at radius 2 is 2.19 bits per heavy atom. The molecule has 1 aliphatic rings. The maximum absolute atomic E-state index is 13.0. The van der Waals surface area contributed by atoms with E-state index in [1.807, 2.05) is 0 Å². The number of benzene rings is 1. The molecule has 21 heavy (non-hydrogen) atoms. The lowest BCUT2D eigenvalue weighted by atomic mass is 10.1. The molecule has 0 radical (unpaired) electrons. The highest BCUT2D eigenvalue weighted by molar-refractivity contribution is 7.92. The normalized spacial score (nSPS) is 15.1. The van der Waals surface area contributed by atoms with Crippen molar-refractivity contribution >= 4 is 32.2 Å². The Morgan fingerprint density at radius 1 is 1.43 bits per heavy atom. The molecule has 5 nitrogen and oxygen atoms in total. The number of sulfonamides is 1. The molecule has 0 saturated heterocycles. The lowest BCUT2D eigenvalue weighted by molar-refractivity contribution is 0.597. The maximum Gasteiger partial charge on any atom is 0.234 e. The monoisotopic (exact) mass is 327 g/mol. The zero-order chi connectivity index (χ0) is 15.0. The molecule has 0 unspecified atom stereocenters. The lowest BCUT2D eigenvalue weighted by Crippen LogP contribution is -2.17. The smallest absolute Gasteiger partial charge is 0.234 e. The van der Waals surface area contributed by atoms with E-state index >= 15 is 0 Å². The summed E-state index contributed by atoms with van der Waals surface area (Å²) in [4.78, 5) is 4.21. The van der Waals surface area contributed by atoms with Crippen LogP contribution in [0.4, 0.5) is 15.2 Å². The average Bonchev–Trinajstić information content (AvgIpc) is 3.06. The number of nitrogens with one attached hydrogen (secondary N) is 1. The fourth-order valence-corrected chi connectivity index (χ4v) is 4.46. The van der Waals surface area contributed by atoms with E-state index in [9.17, 15) is 12.8 Å². The van der Waals surface area contributed by atoms with E-state index in [4.69, 9.17) is 5.73 Å². The molecule has 3 rings (SSSR count). The quantitative estimate of drug-likeness (QED) is 0.827. The van der Waals surface area contributed by atoms with Crippen LogP contribution in [0, 0.1) is 11.7 Å². The molecular weight excluding hydrogens is 313 g/mol. The molecule has 0 aliphatic heterocycles. The predicted octanol–water partition coefficient (Wildman–Crippen LogP) is 2.68. The predicted molar refractivity (Wildman–Crippen MR) is 82.1 cm³/mol. The molecule has 0 amide bonds. The minimum absolute atomic E-state index is 0.139. The van der Waals surface area contributed by atoms with Crippen molar-refractivity contribution in [1.29, 1.82) is 0 Å². The van der Waals surface area contributed by atoms with Gasteiger partial charge in [0.15, 0.2) is 5.13 Å². The Labute approximate surface area is 126 Å². The van der Waals surface area contributed by atoms with Crippen molar-refractivity contribution in [3.63, 3.8) is 0 Å². The number of rotatable bonds is 5. The van der Waals surface area contributed by atoms with Gasteiger partial charge in [-0.05, 0) is 37.0 Å². The molecular formula is C13H14FN3O2S2. The molecule has 0 spiro atoms. The first-order valence-corrected chi connectivity index (χ1v) is 8.97. The summed E-state index contributed by atoms with van der Waals surface area (Å²) in [5.41, 5.74) is 7.13. The van der Waals surface area contributed by atoms with Crippen molar-refractivity contribution in [2.24, 2.45) is 5.92 Å². The van der Waals surface area contributed by atoms with Gasteiger partial charge in [-0.25, -0.2) is 17.8 Å². The van der Waals surface area contributed by atoms with Gasteiger partial charge in [-0.2, -0.15) is 0 Å². The molecule has 8 heteroatoms. The van der Waals surface area contributed by atoms with Gasteiger partial charge < -0.3 is 5.73 Å². The molecule has 1 aromatic carbocycles. The summed E-state index contributed by atoms with van der Waals surface area (Å²) in [6, 6.07) is 4.04. The highest BCUT2D eigenvalue weighted by atomic mass is 32.2. The van der Waals surface area contributed by atoms with Gasteiger partial charge in [0.05, 0.1) is 11.4 Å². The molecule has 3 N–H and O–H groups in total. The Balaban J connectivity index is 1.79. The summed E-state index contributed by atoms with van der Waals surface area (Å²) >= 11 is 1.18. The number of thiazole rings is 1. The van der Waals surface area contributed by atoms with Gasteiger partial charge in [0.25, 0.3) is 0 Å². The van der Waals surface area contributed by atoms with Crippen molar-refractivity contribution in [3.8, 4) is 11.3 Å². The van der Waals surface area contributed by atoms with Gasteiger partial charge in [-0.1, -0.05) is 0 Å². The third-order valence-electron chi connectivity index (χ3n) is 3.19. The van der Waals surface area contributed by atoms with Crippen molar-refractivity contribution in [3.05, 3.63) is 29.4 Å². The van der Waals surface area contributed by atoms with E-state index in [-0.39, 0.29) is 17.4 Å². The van der Waals surface area contributed by atoms with E-state index in [1.54, 1.807) is 5.38 Å². The van der Waals surface area contributed by atoms with E-state index in [2.05, 4.69) is 9.71 Å². The number of halogens is 1. The van der Waals surface area contributed by atoms with Gasteiger partial charge in [0, 0.05) is 16.6 Å². The molecule has 1 aromatic heterocycles. The van der Waals surface area contributed by atoms with E-state index in [1.165, 1.54) is 29.5 Å². The average molecular weight is 327 g/mol. The standard InChI is InChI=1S/C13H14FN3O2S2/c14-9-3-4-10(11(15)5-9)12-6-20-13(16-12)17-21(18,19)7-8-1-2-8/h3-6,8H,1-2,7,15H2,(H,16,17). The lowest BCUT2D eigenvalue weighted by Gasteiger charge is -2.04. The number of anilines is 2. The number of hydrogen-bond acceptors (Lipinski definition) is 5. The van der Waals surface area contributed by atoms with Crippen molar-refractivity contribution < 1.29 is 12.8 Å². The number of nitrogens with two attached hydrogens (primary N) is 1. The summed E-state index contributed by atoms with van der Waals surface area (Å²) in [6.45, 7) is 0. The number of nitrogens with zero attached hydrogens (tertiary/aromatic N) is 1. The highest BCUT2D eigenvalue weighted by Gasteiger charge is 2.28. The zero-order valence-electron chi connectivity index (χ0n) is 11.0. The van der Waals surface area contributed by atoms with Crippen LogP contribution < -0.4 is 10.5 Å². The third-order valence-corrected chi connectivity index (χ3v) is 5.49. The largest absolute Gasteiger partial charge is 0.398 e. The van der Waals surface area contributed by atoms with E-state index in [0.717, 1.165) is 12.8 Å². The fourth-order valence-electron chi connectivity index (χ4n) is 1.98. The second-order valence-electron chi connectivity index (χ2n) is 5.10. The second-order valence-corrected chi connectivity index (χ2v) is 7.72. The fraction of sp³-hybridized carbons (Fsp3) is 0.308. The number of aromatic nitrogens is 1. The van der Waals surface area contributed by atoms with Gasteiger partial charge in [0.1, 0.15) is 5.82 Å². The van der Waals surface area contributed by atoms with Crippen LogP contribution >= 0.6 is 11.3 Å². The van der Waals surface area contributed by atoms with Crippen LogP contribution in [0.3, 0.4) is 0 Å². The highest BCUT2D eigenvalue weighted by Crippen LogP contribution is 2.32. The van der Waals surface area contributed by atoms with Crippen LogP contribution in [0.1, 0.15) is 12.8 Å². The summed E-state index contributed by atoms with van der Waals surface area (Å²) in [6.07, 6.45) is 1.94. The van der Waals surface area contributed by atoms with Crippen LogP contribution in [0.15, 0.2) is 23.6 Å². The first-order valence-electron chi connectivity index (χ1n) is 6.44. The van der Waals surface area contributed by atoms with Crippen molar-refractivity contribution in [1.82, 2.24) is 4.98 Å². The molecule has 0 bridgehead atoms. The van der Waals surface area contributed by atoms with Crippen LogP contribution in [-0.4, -0.2) is 19.2 Å². The number of hydrogen-bond donors (Lipinski definition) is 2. The summed E-state index contributed by atoms with van der Waals surface area (Å²) in [7, 11) is -3.35. The topological polar surface area (TPSA) is 85.1 Å². The van der Waals surface area contributed by atoms with E-state index < -0.39 is 15.8 Å². The third kappa shape index (κ3) is 3.51. The summed E-state index contributed by atoms with van der Waals surface area (Å²) in [5, 5.41) is 1.99. The first kappa shape index (κ1) is 14.3. The minimum Gasteiger partial charge on any atom is -0.398 e. The van der Waals surface area contributed by atoms with Crippen molar-refractivity contribution in [2.45, 2.75) is 12.8 Å². The molecule has 1 aliphatic carbocycles. The minimum atomic E-state index is -3.35. The Hall–Kier alpha value is -1.67. The summed E-state index contributed by atoms with van der Waals surface area (Å²) < 4.78 is 39.3. The summed E-state index contributed by atoms with van der Waals surface area (Å²) in [5.74, 6) is -0.00726. The molecule has 1 saturated carbocycles. The van der Waals surface area contributed by atoms with Gasteiger partial charge in [-0.3, -0.25) is 4.72 Å². The van der Waals surface area contributed by atoms with Crippen LogP contribution in [0.25, 0.3) is 11.3 Å². The van der Waals surface area contributed by atoms with E-state index in [0.29, 0.717) is 16.4 Å². The Kier molecular flexibility index (Phi) is 3.58. The SMILES string of the molecule is Nc1cc(F)ccc1-c1csc(NS(=O)(=O)CC2CC2)n1. The van der Waals surface area contributed by atoms with Crippen LogP contribution in [-0.2, 0) is 10.0 Å². The van der Waals surface area contributed by atoms with Gasteiger partial charge in [-0.15, -0.1) is 11.3 Å². The van der Waals surface area contributed by atoms with Gasteiger partial charge >= 0.3 is 0 Å². The molecule has 1 heterocycles. The first-order chi connectivity index (χ1) is 9.93. The molecule has 112 valence electrons. The molecule has 0 atom stereocenters. The molecule has 2 aromatic rings. The molecule has 1 fully saturated rings. The van der Waals surface area contributed by atoms with Crippen LogP contribution in [0.2, 0.25) is 0 Å². The van der Waals surface area contributed by atoms with Crippen LogP contribution in [0.5, 0.6) is 0 Å². The Bertz CT molecular complexity index is 769. The second kappa shape index (κ2) is 5.27.